The van der Waals surface area contributed by atoms with Gasteiger partial charge in [0.1, 0.15) is 5.75 Å². The van der Waals surface area contributed by atoms with E-state index >= 15 is 0 Å². The Labute approximate surface area is 120 Å². The number of carbonyl (C=O) groups is 1. The standard InChI is InChI=1S/C18H20O2/c1-3-20-18-7-5-4-6-16(18)12-13-17(19)15-10-8-14(2)9-11-15/h4-11H,3,12-13H2,1-2H3. The van der Waals surface area contributed by atoms with Gasteiger partial charge in [0.2, 0.25) is 0 Å². The van der Waals surface area contributed by atoms with Gasteiger partial charge in [-0.2, -0.15) is 0 Å². The Kier molecular flexibility index (Phi) is 4.94. The average Bonchev–Trinajstić information content (AvgIpc) is 2.47. The summed E-state index contributed by atoms with van der Waals surface area (Å²) in [4.78, 5) is 12.2. The van der Waals surface area contributed by atoms with E-state index in [9.17, 15) is 4.79 Å². The van der Waals surface area contributed by atoms with Crippen molar-refractivity contribution < 1.29 is 9.53 Å². The number of hydrogen-bond donors (Lipinski definition) is 0. The molecule has 2 rings (SSSR count). The summed E-state index contributed by atoms with van der Waals surface area (Å²) in [7, 11) is 0. The zero-order chi connectivity index (χ0) is 14.4. The summed E-state index contributed by atoms with van der Waals surface area (Å²) in [5.41, 5.74) is 3.04. The summed E-state index contributed by atoms with van der Waals surface area (Å²) in [5, 5.41) is 0. The highest BCUT2D eigenvalue weighted by molar-refractivity contribution is 5.96. The van der Waals surface area contributed by atoms with E-state index in [0.29, 0.717) is 19.4 Å². The summed E-state index contributed by atoms with van der Waals surface area (Å²) in [6.45, 7) is 4.63. The van der Waals surface area contributed by atoms with Gasteiger partial charge in [-0.3, -0.25) is 4.79 Å². The van der Waals surface area contributed by atoms with Crippen LogP contribution in [0.5, 0.6) is 5.75 Å². The summed E-state index contributed by atoms with van der Waals surface area (Å²) >= 11 is 0. The number of benzene rings is 2. The van der Waals surface area contributed by atoms with Crippen LogP contribution in [-0.2, 0) is 6.42 Å². The molecule has 0 saturated heterocycles. The van der Waals surface area contributed by atoms with Crippen molar-refractivity contribution in [3.8, 4) is 5.75 Å². The van der Waals surface area contributed by atoms with Gasteiger partial charge in [-0.15, -0.1) is 0 Å². The quantitative estimate of drug-likeness (QED) is 0.734. The molecule has 0 atom stereocenters. The molecule has 0 unspecified atom stereocenters. The molecule has 0 aliphatic rings. The molecule has 0 N–H and O–H groups in total. The molecule has 0 aliphatic carbocycles. The third-order valence-electron chi connectivity index (χ3n) is 3.27. The fourth-order valence-corrected chi connectivity index (χ4v) is 2.14. The minimum absolute atomic E-state index is 0.177. The number of rotatable bonds is 6. The van der Waals surface area contributed by atoms with Crippen LogP contribution in [0.2, 0.25) is 0 Å². The average molecular weight is 268 g/mol. The fourth-order valence-electron chi connectivity index (χ4n) is 2.14. The Morgan fingerprint density at radius 3 is 2.45 bits per heavy atom. The molecule has 0 amide bonds. The van der Waals surface area contributed by atoms with E-state index in [-0.39, 0.29) is 5.78 Å². The van der Waals surface area contributed by atoms with Gasteiger partial charge in [-0.1, -0.05) is 48.0 Å². The molecular weight excluding hydrogens is 248 g/mol. The van der Waals surface area contributed by atoms with E-state index < -0.39 is 0 Å². The molecule has 0 fully saturated rings. The molecule has 0 radical (unpaired) electrons. The number of hydrogen-bond acceptors (Lipinski definition) is 2. The molecular formula is C18H20O2. The molecule has 2 aromatic rings. The second-order valence-electron chi connectivity index (χ2n) is 4.83. The van der Waals surface area contributed by atoms with Crippen LogP contribution >= 0.6 is 0 Å². The Hall–Kier alpha value is -2.09. The van der Waals surface area contributed by atoms with Crippen molar-refractivity contribution in [1.29, 1.82) is 0 Å². The summed E-state index contributed by atoms with van der Waals surface area (Å²) in [6, 6.07) is 15.6. The molecule has 2 heteroatoms. The lowest BCUT2D eigenvalue weighted by Crippen LogP contribution is -2.03. The van der Waals surface area contributed by atoms with Crippen molar-refractivity contribution in [2.75, 3.05) is 6.61 Å². The molecule has 0 heterocycles. The first-order chi connectivity index (χ1) is 9.70. The Bertz CT molecular complexity index is 570. The van der Waals surface area contributed by atoms with E-state index in [1.165, 1.54) is 5.56 Å². The van der Waals surface area contributed by atoms with Gasteiger partial charge in [-0.25, -0.2) is 0 Å². The summed E-state index contributed by atoms with van der Waals surface area (Å²) < 4.78 is 5.58. The Morgan fingerprint density at radius 1 is 1.05 bits per heavy atom. The molecule has 0 bridgehead atoms. The van der Waals surface area contributed by atoms with Gasteiger partial charge in [-0.05, 0) is 31.9 Å². The minimum atomic E-state index is 0.177. The van der Waals surface area contributed by atoms with Crippen LogP contribution in [0.25, 0.3) is 0 Å². The van der Waals surface area contributed by atoms with Crippen LogP contribution in [0.1, 0.15) is 34.8 Å². The molecule has 0 aliphatic heterocycles. The van der Waals surface area contributed by atoms with E-state index in [1.54, 1.807) is 0 Å². The smallest absolute Gasteiger partial charge is 0.163 e. The minimum Gasteiger partial charge on any atom is -0.494 e. The second-order valence-corrected chi connectivity index (χ2v) is 4.83. The topological polar surface area (TPSA) is 26.3 Å². The van der Waals surface area contributed by atoms with Crippen LogP contribution in [0, 0.1) is 6.92 Å². The van der Waals surface area contributed by atoms with Crippen LogP contribution in [-0.4, -0.2) is 12.4 Å². The first-order valence-electron chi connectivity index (χ1n) is 7.01. The van der Waals surface area contributed by atoms with E-state index in [0.717, 1.165) is 16.9 Å². The van der Waals surface area contributed by atoms with Gasteiger partial charge < -0.3 is 4.74 Å². The zero-order valence-corrected chi connectivity index (χ0v) is 12.1. The third kappa shape index (κ3) is 3.70. The molecule has 0 saturated carbocycles. The van der Waals surface area contributed by atoms with Gasteiger partial charge >= 0.3 is 0 Å². The van der Waals surface area contributed by atoms with Crippen molar-refractivity contribution >= 4 is 5.78 Å². The predicted octanol–water partition coefficient (Wildman–Crippen LogP) is 4.21. The number of para-hydroxylation sites is 1. The van der Waals surface area contributed by atoms with Crippen LogP contribution in [0.3, 0.4) is 0 Å². The van der Waals surface area contributed by atoms with Crippen molar-refractivity contribution in [2.24, 2.45) is 0 Å². The van der Waals surface area contributed by atoms with Crippen molar-refractivity contribution in [2.45, 2.75) is 26.7 Å². The zero-order valence-electron chi connectivity index (χ0n) is 12.1. The monoisotopic (exact) mass is 268 g/mol. The van der Waals surface area contributed by atoms with Crippen LogP contribution in [0.15, 0.2) is 48.5 Å². The Balaban J connectivity index is 2.01. The van der Waals surface area contributed by atoms with E-state index in [2.05, 4.69) is 0 Å². The predicted molar refractivity (Wildman–Crippen MR) is 81.4 cm³/mol. The maximum Gasteiger partial charge on any atom is 0.163 e. The lowest BCUT2D eigenvalue weighted by Gasteiger charge is -2.09. The van der Waals surface area contributed by atoms with Gasteiger partial charge in [0.15, 0.2) is 5.78 Å². The van der Waals surface area contributed by atoms with E-state index in [1.807, 2.05) is 62.4 Å². The van der Waals surface area contributed by atoms with Gasteiger partial charge in [0.05, 0.1) is 6.61 Å². The highest BCUT2D eigenvalue weighted by atomic mass is 16.5. The van der Waals surface area contributed by atoms with Gasteiger partial charge in [0.25, 0.3) is 0 Å². The van der Waals surface area contributed by atoms with Gasteiger partial charge in [0, 0.05) is 12.0 Å². The lowest BCUT2D eigenvalue weighted by atomic mass is 10.0. The number of ether oxygens (including phenoxy) is 1. The third-order valence-corrected chi connectivity index (χ3v) is 3.27. The van der Waals surface area contributed by atoms with Crippen LogP contribution < -0.4 is 4.74 Å². The number of ketones is 1. The highest BCUT2D eigenvalue weighted by Crippen LogP contribution is 2.20. The lowest BCUT2D eigenvalue weighted by molar-refractivity contribution is 0.0982. The first-order valence-corrected chi connectivity index (χ1v) is 7.01. The highest BCUT2D eigenvalue weighted by Gasteiger charge is 2.08. The van der Waals surface area contributed by atoms with E-state index in [4.69, 9.17) is 4.74 Å². The molecule has 20 heavy (non-hydrogen) atoms. The SMILES string of the molecule is CCOc1ccccc1CCC(=O)c1ccc(C)cc1. The van der Waals surface area contributed by atoms with Crippen molar-refractivity contribution in [3.05, 3.63) is 65.2 Å². The van der Waals surface area contributed by atoms with Crippen LogP contribution in [0.4, 0.5) is 0 Å². The molecule has 104 valence electrons. The molecule has 0 spiro atoms. The second kappa shape index (κ2) is 6.90. The number of Topliss-reactive ketones (excluding diaryl/α,β-unsaturated/α-hetero) is 1. The Morgan fingerprint density at radius 2 is 1.75 bits per heavy atom. The maximum atomic E-state index is 12.2. The first kappa shape index (κ1) is 14.3. The van der Waals surface area contributed by atoms with Crippen molar-refractivity contribution in [1.82, 2.24) is 0 Å². The maximum absolute atomic E-state index is 12.2. The van der Waals surface area contributed by atoms with Crippen molar-refractivity contribution in [3.63, 3.8) is 0 Å². The molecule has 0 aromatic heterocycles. The molecule has 2 aromatic carbocycles. The number of aryl methyl sites for hydroxylation is 2. The fraction of sp³-hybridized carbons (Fsp3) is 0.278. The summed E-state index contributed by atoms with van der Waals surface area (Å²) in [6.07, 6.45) is 1.22. The number of carbonyl (C=O) groups excluding carboxylic acids is 1. The molecule has 2 nitrogen and oxygen atoms in total. The normalized spacial score (nSPS) is 10.3. The largest absolute Gasteiger partial charge is 0.494 e. The summed E-state index contributed by atoms with van der Waals surface area (Å²) in [5.74, 6) is 1.06.